The maximum atomic E-state index is 5.63. The van der Waals surface area contributed by atoms with E-state index in [0.29, 0.717) is 5.92 Å². The molecule has 0 aliphatic heterocycles. The van der Waals surface area contributed by atoms with E-state index in [-0.39, 0.29) is 0 Å². The van der Waals surface area contributed by atoms with Crippen molar-refractivity contribution in [1.82, 2.24) is 0 Å². The summed E-state index contributed by atoms with van der Waals surface area (Å²) in [4.78, 5) is 1.42. The first kappa shape index (κ1) is 11.0. The molecule has 16 heavy (non-hydrogen) atoms. The van der Waals surface area contributed by atoms with Gasteiger partial charge in [0.05, 0.1) is 0 Å². The normalized spacial score (nSPS) is 12.3. The predicted octanol–water partition coefficient (Wildman–Crippen LogP) is 3.55. The van der Waals surface area contributed by atoms with Crippen LogP contribution in [0.5, 0.6) is 0 Å². The lowest BCUT2D eigenvalue weighted by molar-refractivity contribution is 0.823. The molecule has 2 nitrogen and oxygen atoms in total. The highest BCUT2D eigenvalue weighted by molar-refractivity contribution is 7.10. The summed E-state index contributed by atoms with van der Waals surface area (Å²) < 4.78 is 0. The van der Waals surface area contributed by atoms with Crippen LogP contribution in [-0.2, 0) is 0 Å². The summed E-state index contributed by atoms with van der Waals surface area (Å²) in [6, 6.07) is 12.1. The molecular weight excluding hydrogens is 216 g/mol. The van der Waals surface area contributed by atoms with Gasteiger partial charge in [0.1, 0.15) is 0 Å². The zero-order valence-corrected chi connectivity index (χ0v) is 10.1. The largest absolute Gasteiger partial charge is 0.399 e. The molecular formula is C13H16N2S. The number of anilines is 2. The standard InChI is InChI=1S/C13H16N2S/c1-10(13-3-2-8-16-13)9-15-12-6-4-11(14)5-7-12/h2-8,10,15H,9,14H2,1H3. The molecule has 0 bridgehead atoms. The van der Waals surface area contributed by atoms with E-state index in [4.69, 9.17) is 5.73 Å². The summed E-state index contributed by atoms with van der Waals surface area (Å²) in [6.07, 6.45) is 0. The molecule has 0 radical (unpaired) electrons. The van der Waals surface area contributed by atoms with Crippen LogP contribution in [0.25, 0.3) is 0 Å². The van der Waals surface area contributed by atoms with E-state index in [0.717, 1.165) is 17.9 Å². The first-order chi connectivity index (χ1) is 7.75. The maximum absolute atomic E-state index is 5.63. The second-order valence-electron chi connectivity index (χ2n) is 3.92. The second-order valence-corrected chi connectivity index (χ2v) is 4.90. The fourth-order valence-electron chi connectivity index (χ4n) is 1.54. The average molecular weight is 232 g/mol. The Balaban J connectivity index is 1.90. The van der Waals surface area contributed by atoms with Gasteiger partial charge in [-0.3, -0.25) is 0 Å². The summed E-state index contributed by atoms with van der Waals surface area (Å²) in [5.41, 5.74) is 7.56. The van der Waals surface area contributed by atoms with Crippen molar-refractivity contribution in [2.75, 3.05) is 17.6 Å². The third kappa shape index (κ3) is 2.76. The monoisotopic (exact) mass is 232 g/mol. The molecule has 0 fully saturated rings. The van der Waals surface area contributed by atoms with Gasteiger partial charge in [0.2, 0.25) is 0 Å². The summed E-state index contributed by atoms with van der Waals surface area (Å²) in [5.74, 6) is 0.539. The van der Waals surface area contributed by atoms with E-state index in [9.17, 15) is 0 Å². The second kappa shape index (κ2) is 5.03. The Labute approximate surface area is 100 Å². The number of hydrogen-bond acceptors (Lipinski definition) is 3. The molecule has 1 heterocycles. The van der Waals surface area contributed by atoms with Gasteiger partial charge in [-0.15, -0.1) is 11.3 Å². The van der Waals surface area contributed by atoms with Gasteiger partial charge in [-0.05, 0) is 35.7 Å². The van der Waals surface area contributed by atoms with Crippen LogP contribution >= 0.6 is 11.3 Å². The number of benzene rings is 1. The number of hydrogen-bond donors (Lipinski definition) is 2. The highest BCUT2D eigenvalue weighted by atomic mass is 32.1. The minimum absolute atomic E-state index is 0.539. The van der Waals surface area contributed by atoms with Crippen molar-refractivity contribution in [3.05, 3.63) is 46.7 Å². The topological polar surface area (TPSA) is 38.0 Å². The third-order valence-corrected chi connectivity index (χ3v) is 3.66. The van der Waals surface area contributed by atoms with Crippen LogP contribution in [0.3, 0.4) is 0 Å². The van der Waals surface area contributed by atoms with Gasteiger partial charge in [0.15, 0.2) is 0 Å². The molecule has 0 aliphatic rings. The molecule has 1 aromatic heterocycles. The minimum atomic E-state index is 0.539. The highest BCUT2D eigenvalue weighted by Crippen LogP contribution is 2.21. The van der Waals surface area contributed by atoms with Crippen LogP contribution in [0.4, 0.5) is 11.4 Å². The molecule has 0 saturated heterocycles. The highest BCUT2D eigenvalue weighted by Gasteiger charge is 2.05. The summed E-state index contributed by atoms with van der Waals surface area (Å²) in [6.45, 7) is 3.18. The van der Waals surface area contributed by atoms with Crippen LogP contribution < -0.4 is 11.1 Å². The van der Waals surface area contributed by atoms with Gasteiger partial charge < -0.3 is 11.1 Å². The number of nitrogen functional groups attached to an aromatic ring is 1. The Morgan fingerprint density at radius 1 is 1.25 bits per heavy atom. The number of nitrogens with two attached hydrogens (primary N) is 1. The Bertz CT molecular complexity index is 420. The third-order valence-electron chi connectivity index (χ3n) is 2.55. The van der Waals surface area contributed by atoms with E-state index in [1.54, 1.807) is 0 Å². The first-order valence-corrected chi connectivity index (χ1v) is 6.26. The van der Waals surface area contributed by atoms with Gasteiger partial charge >= 0.3 is 0 Å². The van der Waals surface area contributed by atoms with E-state index in [1.807, 2.05) is 35.6 Å². The summed E-state index contributed by atoms with van der Waals surface area (Å²) in [5, 5.41) is 5.53. The number of rotatable bonds is 4. The van der Waals surface area contributed by atoms with Crippen LogP contribution in [0.15, 0.2) is 41.8 Å². The minimum Gasteiger partial charge on any atom is -0.399 e. The molecule has 3 N–H and O–H groups in total. The van der Waals surface area contributed by atoms with Crippen LogP contribution in [-0.4, -0.2) is 6.54 Å². The Morgan fingerprint density at radius 3 is 2.62 bits per heavy atom. The van der Waals surface area contributed by atoms with Crippen molar-refractivity contribution >= 4 is 22.7 Å². The fourth-order valence-corrected chi connectivity index (χ4v) is 2.33. The van der Waals surface area contributed by atoms with E-state index in [2.05, 4.69) is 29.8 Å². The van der Waals surface area contributed by atoms with Crippen LogP contribution in [0.1, 0.15) is 17.7 Å². The zero-order chi connectivity index (χ0) is 11.4. The zero-order valence-electron chi connectivity index (χ0n) is 9.31. The van der Waals surface area contributed by atoms with Gasteiger partial charge in [-0.2, -0.15) is 0 Å². The van der Waals surface area contributed by atoms with Crippen molar-refractivity contribution in [2.45, 2.75) is 12.8 Å². The lowest BCUT2D eigenvalue weighted by Gasteiger charge is -2.12. The van der Waals surface area contributed by atoms with Gasteiger partial charge in [0.25, 0.3) is 0 Å². The molecule has 0 spiro atoms. The fraction of sp³-hybridized carbons (Fsp3) is 0.231. The van der Waals surface area contributed by atoms with Gasteiger partial charge in [-0.25, -0.2) is 0 Å². The molecule has 0 amide bonds. The van der Waals surface area contributed by atoms with Crippen molar-refractivity contribution in [3.8, 4) is 0 Å². The molecule has 2 rings (SSSR count). The Hall–Kier alpha value is -1.48. The number of thiophene rings is 1. The smallest absolute Gasteiger partial charge is 0.0341 e. The first-order valence-electron chi connectivity index (χ1n) is 5.38. The van der Waals surface area contributed by atoms with Crippen LogP contribution in [0, 0.1) is 0 Å². The lowest BCUT2D eigenvalue weighted by Crippen LogP contribution is -2.08. The molecule has 1 aromatic carbocycles. The van der Waals surface area contributed by atoms with Crippen molar-refractivity contribution < 1.29 is 0 Å². The van der Waals surface area contributed by atoms with Crippen molar-refractivity contribution in [3.63, 3.8) is 0 Å². The molecule has 2 aromatic rings. The van der Waals surface area contributed by atoms with E-state index >= 15 is 0 Å². The summed E-state index contributed by atoms with van der Waals surface area (Å²) >= 11 is 1.81. The van der Waals surface area contributed by atoms with Gasteiger partial charge in [0, 0.05) is 28.7 Å². The number of nitrogens with one attached hydrogen (secondary N) is 1. The Kier molecular flexibility index (Phi) is 3.47. The van der Waals surface area contributed by atoms with E-state index < -0.39 is 0 Å². The molecule has 3 heteroatoms. The molecule has 0 saturated carbocycles. The van der Waals surface area contributed by atoms with Crippen molar-refractivity contribution in [1.29, 1.82) is 0 Å². The van der Waals surface area contributed by atoms with E-state index in [1.165, 1.54) is 4.88 Å². The Morgan fingerprint density at radius 2 is 2.00 bits per heavy atom. The average Bonchev–Trinajstić information content (AvgIpc) is 2.81. The summed E-state index contributed by atoms with van der Waals surface area (Å²) in [7, 11) is 0. The molecule has 1 unspecified atom stereocenters. The molecule has 0 aliphatic carbocycles. The van der Waals surface area contributed by atoms with Crippen LogP contribution in [0.2, 0.25) is 0 Å². The molecule has 1 atom stereocenters. The van der Waals surface area contributed by atoms with Gasteiger partial charge in [-0.1, -0.05) is 13.0 Å². The predicted molar refractivity (Wildman–Crippen MR) is 72.1 cm³/mol. The maximum Gasteiger partial charge on any atom is 0.0341 e. The SMILES string of the molecule is CC(CNc1ccc(N)cc1)c1cccs1. The lowest BCUT2D eigenvalue weighted by atomic mass is 10.1. The van der Waals surface area contributed by atoms with Crippen molar-refractivity contribution in [2.24, 2.45) is 0 Å². The molecule has 84 valence electrons. The quantitative estimate of drug-likeness (QED) is 0.791.